The second kappa shape index (κ2) is 8.68. The lowest BCUT2D eigenvalue weighted by Gasteiger charge is -2.18. The summed E-state index contributed by atoms with van der Waals surface area (Å²) in [7, 11) is 0. The van der Waals surface area contributed by atoms with Crippen LogP contribution in [0.2, 0.25) is 0 Å². The van der Waals surface area contributed by atoms with Crippen molar-refractivity contribution in [3.63, 3.8) is 0 Å². The Kier molecular flexibility index (Phi) is 6.08. The van der Waals surface area contributed by atoms with Crippen LogP contribution in [0, 0.1) is 5.92 Å². The van der Waals surface area contributed by atoms with Crippen LogP contribution in [0.15, 0.2) is 97.1 Å². The number of benzene rings is 2. The van der Waals surface area contributed by atoms with Crippen molar-refractivity contribution in [2.75, 3.05) is 0 Å². The highest BCUT2D eigenvalue weighted by Crippen LogP contribution is 2.33. The van der Waals surface area contributed by atoms with E-state index in [0.717, 1.165) is 12.0 Å². The number of allylic oxidation sites excluding steroid dienone is 9. The Bertz CT molecular complexity index is 933. The lowest BCUT2D eigenvalue weighted by molar-refractivity contribution is 0.710. The topological polar surface area (TPSA) is 0 Å². The molecule has 1 unspecified atom stereocenters. The lowest BCUT2D eigenvalue weighted by Crippen LogP contribution is -2.00. The third-order valence-electron chi connectivity index (χ3n) is 4.90. The maximum Gasteiger partial charge on any atom is -0.0172 e. The molecular weight excluding hydrogens is 324 g/mol. The van der Waals surface area contributed by atoms with Gasteiger partial charge in [0.05, 0.1) is 0 Å². The number of hydrogen-bond donors (Lipinski definition) is 0. The van der Waals surface area contributed by atoms with Gasteiger partial charge in [-0.05, 0) is 77.8 Å². The van der Waals surface area contributed by atoms with Crippen LogP contribution in [-0.2, 0) is 0 Å². The minimum Gasteiger partial charge on any atom is -0.0984 e. The van der Waals surface area contributed by atoms with Crippen molar-refractivity contribution in [3.05, 3.63) is 108 Å². The highest BCUT2D eigenvalue weighted by Gasteiger charge is 2.13. The molecule has 1 aliphatic carbocycles. The van der Waals surface area contributed by atoms with Crippen LogP contribution in [0.3, 0.4) is 0 Å². The van der Waals surface area contributed by atoms with Gasteiger partial charge in [0.2, 0.25) is 0 Å². The van der Waals surface area contributed by atoms with Gasteiger partial charge >= 0.3 is 0 Å². The molecule has 0 radical (unpaired) electrons. The summed E-state index contributed by atoms with van der Waals surface area (Å²) in [5.74, 6) is 0.575. The maximum absolute atomic E-state index is 4.03. The van der Waals surface area contributed by atoms with E-state index in [-0.39, 0.29) is 0 Å². The largest absolute Gasteiger partial charge is 0.0984 e. The predicted octanol–water partition coefficient (Wildman–Crippen LogP) is 7.87. The van der Waals surface area contributed by atoms with Crippen molar-refractivity contribution in [2.45, 2.75) is 27.2 Å². The maximum atomic E-state index is 4.03. The van der Waals surface area contributed by atoms with E-state index in [2.05, 4.69) is 93.3 Å². The molecule has 0 aliphatic heterocycles. The normalized spacial score (nSPS) is 17.6. The molecule has 1 aliphatic rings. The zero-order valence-electron chi connectivity index (χ0n) is 16.6. The van der Waals surface area contributed by atoms with E-state index >= 15 is 0 Å². The lowest BCUT2D eigenvalue weighted by atomic mass is 9.86. The first-order chi connectivity index (χ1) is 13.1. The second-order valence-electron chi connectivity index (χ2n) is 7.31. The first-order valence-electron chi connectivity index (χ1n) is 9.66. The van der Waals surface area contributed by atoms with Crippen molar-refractivity contribution in [3.8, 4) is 11.1 Å². The molecule has 0 N–H and O–H groups in total. The number of rotatable bonds is 5. The van der Waals surface area contributed by atoms with E-state index in [9.17, 15) is 0 Å². The Hall–Kier alpha value is -2.86. The molecule has 0 heterocycles. The van der Waals surface area contributed by atoms with Crippen molar-refractivity contribution in [1.29, 1.82) is 0 Å². The van der Waals surface area contributed by atoms with Crippen molar-refractivity contribution >= 4 is 11.1 Å². The van der Waals surface area contributed by atoms with Gasteiger partial charge < -0.3 is 0 Å². The summed E-state index contributed by atoms with van der Waals surface area (Å²) in [6.07, 6.45) is 14.0. The summed E-state index contributed by atoms with van der Waals surface area (Å²) >= 11 is 0. The van der Waals surface area contributed by atoms with Gasteiger partial charge in [0.15, 0.2) is 0 Å². The first kappa shape index (κ1) is 18.9. The van der Waals surface area contributed by atoms with E-state index in [1.54, 1.807) is 0 Å². The molecule has 2 aromatic carbocycles. The van der Waals surface area contributed by atoms with Crippen LogP contribution in [0.1, 0.15) is 38.3 Å². The molecule has 0 bridgehead atoms. The predicted molar refractivity (Wildman–Crippen MR) is 120 cm³/mol. The van der Waals surface area contributed by atoms with Gasteiger partial charge in [-0.25, -0.2) is 0 Å². The van der Waals surface area contributed by atoms with E-state index in [1.807, 2.05) is 19.1 Å². The molecule has 0 spiro atoms. The van der Waals surface area contributed by atoms with Crippen LogP contribution in [0.5, 0.6) is 0 Å². The molecule has 0 amide bonds. The van der Waals surface area contributed by atoms with E-state index in [1.165, 1.54) is 33.4 Å². The van der Waals surface area contributed by atoms with Crippen molar-refractivity contribution in [2.24, 2.45) is 5.92 Å². The van der Waals surface area contributed by atoms with Crippen LogP contribution >= 0.6 is 0 Å². The van der Waals surface area contributed by atoms with Crippen LogP contribution in [-0.4, -0.2) is 0 Å². The van der Waals surface area contributed by atoms with Crippen molar-refractivity contribution < 1.29 is 0 Å². The number of hydrogen-bond acceptors (Lipinski definition) is 0. The van der Waals surface area contributed by atoms with Crippen LogP contribution < -0.4 is 0 Å². The van der Waals surface area contributed by atoms with Crippen LogP contribution in [0.4, 0.5) is 0 Å². The third-order valence-corrected chi connectivity index (χ3v) is 4.90. The fourth-order valence-corrected chi connectivity index (χ4v) is 3.67. The highest BCUT2D eigenvalue weighted by atomic mass is 14.2. The molecule has 0 heteroatoms. The zero-order valence-corrected chi connectivity index (χ0v) is 16.6. The smallest absolute Gasteiger partial charge is 0.0172 e. The average Bonchev–Trinajstić information content (AvgIpc) is 2.68. The Morgan fingerprint density at radius 1 is 1.04 bits per heavy atom. The Balaban J connectivity index is 2.19. The average molecular weight is 353 g/mol. The molecule has 0 saturated carbocycles. The summed E-state index contributed by atoms with van der Waals surface area (Å²) in [4.78, 5) is 0. The van der Waals surface area contributed by atoms with E-state index in [0.29, 0.717) is 5.92 Å². The van der Waals surface area contributed by atoms with Gasteiger partial charge in [0.25, 0.3) is 0 Å². The molecule has 3 rings (SSSR count). The SMILES string of the molecule is C=C/C(=C\C=C/C)c1cc(C2=CC(C)CC(C)=C2)cc(-c2ccccc2)c1. The van der Waals surface area contributed by atoms with Crippen molar-refractivity contribution in [1.82, 2.24) is 0 Å². The highest BCUT2D eigenvalue weighted by molar-refractivity contribution is 5.85. The molecule has 0 aromatic heterocycles. The fourth-order valence-electron chi connectivity index (χ4n) is 3.67. The molecule has 27 heavy (non-hydrogen) atoms. The Labute approximate surface area is 164 Å². The van der Waals surface area contributed by atoms with Gasteiger partial charge in [0.1, 0.15) is 0 Å². The summed E-state index contributed by atoms with van der Waals surface area (Å²) in [5.41, 5.74) is 8.84. The van der Waals surface area contributed by atoms with Gasteiger partial charge in [0, 0.05) is 0 Å². The van der Waals surface area contributed by atoms with Gasteiger partial charge in [-0.15, -0.1) is 0 Å². The summed E-state index contributed by atoms with van der Waals surface area (Å²) in [5, 5.41) is 0. The monoisotopic (exact) mass is 352 g/mol. The molecule has 136 valence electrons. The van der Waals surface area contributed by atoms with Gasteiger partial charge in [-0.3, -0.25) is 0 Å². The second-order valence-corrected chi connectivity index (χ2v) is 7.31. The third kappa shape index (κ3) is 4.65. The summed E-state index contributed by atoms with van der Waals surface area (Å²) in [6, 6.07) is 17.5. The Morgan fingerprint density at radius 2 is 1.78 bits per heavy atom. The molecule has 1 atom stereocenters. The standard InChI is InChI=1S/C27H28/c1-5-7-11-22(6-2)25-17-26(23-12-9-8-10-13-23)19-27(18-25)24-15-20(3)14-21(4)16-24/h5-13,15-20H,2,14H2,1,3-4H3/b7-5-,22-11+. The molecule has 0 fully saturated rings. The fraction of sp³-hybridized carbons (Fsp3) is 0.185. The van der Waals surface area contributed by atoms with Crippen LogP contribution in [0.25, 0.3) is 22.3 Å². The van der Waals surface area contributed by atoms with E-state index < -0.39 is 0 Å². The minimum atomic E-state index is 0.575. The zero-order chi connectivity index (χ0) is 19.2. The molecular formula is C27H28. The van der Waals surface area contributed by atoms with Gasteiger partial charge in [-0.2, -0.15) is 0 Å². The summed E-state index contributed by atoms with van der Waals surface area (Å²) in [6.45, 7) is 10.6. The Morgan fingerprint density at radius 3 is 2.44 bits per heavy atom. The summed E-state index contributed by atoms with van der Waals surface area (Å²) < 4.78 is 0. The first-order valence-corrected chi connectivity index (χ1v) is 9.66. The van der Waals surface area contributed by atoms with E-state index in [4.69, 9.17) is 0 Å². The molecule has 2 aromatic rings. The minimum absolute atomic E-state index is 0.575. The quantitative estimate of drug-likeness (QED) is 0.480. The molecule has 0 nitrogen and oxygen atoms in total. The van der Waals surface area contributed by atoms with Gasteiger partial charge in [-0.1, -0.05) is 85.9 Å². The molecule has 0 saturated heterocycles.